The molecule has 0 saturated heterocycles. The fourth-order valence-electron chi connectivity index (χ4n) is 0.567. The third-order valence-corrected chi connectivity index (χ3v) is 1.08. The van der Waals surface area contributed by atoms with Crippen LogP contribution in [-0.4, -0.2) is 0 Å². The second kappa shape index (κ2) is 11.4. The van der Waals surface area contributed by atoms with E-state index in [4.69, 9.17) is 0 Å². The first-order chi connectivity index (χ1) is 5.43. The van der Waals surface area contributed by atoms with Crippen molar-refractivity contribution in [3.63, 3.8) is 0 Å². The van der Waals surface area contributed by atoms with E-state index in [-0.39, 0.29) is 32.7 Å². The van der Waals surface area contributed by atoms with E-state index in [2.05, 4.69) is 24.1 Å². The molecular formula is C10H12SY-2. The first-order valence-corrected chi connectivity index (χ1v) is 4.08. The molecule has 0 nitrogen and oxygen atoms in total. The normalized spacial score (nSPS) is 8.25. The molecule has 63 valence electrons. The molecule has 0 aliphatic carbocycles. The van der Waals surface area contributed by atoms with Crippen LogP contribution >= 0.6 is 12.6 Å². The van der Waals surface area contributed by atoms with Crippen molar-refractivity contribution in [3.8, 4) is 0 Å². The van der Waals surface area contributed by atoms with Crippen molar-refractivity contribution < 1.29 is 32.7 Å². The summed E-state index contributed by atoms with van der Waals surface area (Å²) >= 11 is 3.81. The van der Waals surface area contributed by atoms with Gasteiger partial charge in [-0.1, -0.05) is 13.8 Å². The van der Waals surface area contributed by atoms with E-state index in [0.29, 0.717) is 0 Å². The molecule has 0 bridgehead atoms. The van der Waals surface area contributed by atoms with Crippen molar-refractivity contribution in [2.75, 3.05) is 0 Å². The molecule has 2 heteroatoms. The third kappa shape index (κ3) is 7.08. The fraction of sp³-hybridized carbons (Fsp3) is 0.200. The SMILES string of the molecule is CC.S[C-]=Cc1[c-]cccc1.[Y]. The van der Waals surface area contributed by atoms with Crippen molar-refractivity contribution in [1.29, 1.82) is 0 Å². The number of hydrogen-bond donors (Lipinski definition) is 1. The van der Waals surface area contributed by atoms with Gasteiger partial charge in [0, 0.05) is 32.7 Å². The molecule has 0 N–H and O–H groups in total. The van der Waals surface area contributed by atoms with Crippen LogP contribution in [-0.2, 0) is 32.7 Å². The van der Waals surface area contributed by atoms with Gasteiger partial charge in [-0.3, -0.25) is 18.0 Å². The van der Waals surface area contributed by atoms with Crippen molar-refractivity contribution in [1.82, 2.24) is 0 Å². The summed E-state index contributed by atoms with van der Waals surface area (Å²) < 4.78 is 0. The number of benzene rings is 1. The van der Waals surface area contributed by atoms with Gasteiger partial charge < -0.3 is 11.6 Å². The molecule has 0 spiro atoms. The molecule has 0 saturated carbocycles. The zero-order valence-electron chi connectivity index (χ0n) is 7.41. The Morgan fingerprint density at radius 2 is 2.08 bits per heavy atom. The van der Waals surface area contributed by atoms with Crippen LogP contribution in [0.15, 0.2) is 24.3 Å². The summed E-state index contributed by atoms with van der Waals surface area (Å²) in [4.78, 5) is 0. The summed E-state index contributed by atoms with van der Waals surface area (Å²) in [5.41, 5.74) is 1.01. The second-order valence-corrected chi connectivity index (χ2v) is 1.85. The molecule has 1 aromatic carbocycles. The van der Waals surface area contributed by atoms with Gasteiger partial charge in [0.1, 0.15) is 0 Å². The third-order valence-electron chi connectivity index (χ3n) is 0.953. The summed E-state index contributed by atoms with van der Waals surface area (Å²) in [6.07, 6.45) is 1.77. The molecule has 0 amide bonds. The van der Waals surface area contributed by atoms with E-state index in [1.807, 2.05) is 38.1 Å². The minimum atomic E-state index is 0. The zero-order chi connectivity index (χ0) is 8.53. The molecule has 0 heterocycles. The maximum absolute atomic E-state index is 3.81. The Morgan fingerprint density at radius 1 is 1.42 bits per heavy atom. The summed E-state index contributed by atoms with van der Waals surface area (Å²) in [5.74, 6) is 0. The standard InChI is InChI=1S/C8H6S.C2H6.Y/c9-7-6-8-4-2-1-3-5-8;1-2;/h1-4,6,9H;1-2H3;/q-2;;. The Labute approximate surface area is 106 Å². The molecule has 1 rings (SSSR count). The Kier molecular flexibility index (Phi) is 14.2. The molecule has 0 atom stereocenters. The molecule has 1 radical (unpaired) electrons. The van der Waals surface area contributed by atoms with Crippen molar-refractivity contribution in [2.24, 2.45) is 0 Å². The predicted molar refractivity (Wildman–Crippen MR) is 53.3 cm³/mol. The summed E-state index contributed by atoms with van der Waals surface area (Å²) in [7, 11) is 0. The van der Waals surface area contributed by atoms with Crippen LogP contribution in [0.2, 0.25) is 0 Å². The predicted octanol–water partition coefficient (Wildman–Crippen LogP) is 3.21. The van der Waals surface area contributed by atoms with Gasteiger partial charge in [0.05, 0.1) is 0 Å². The Bertz CT molecular complexity index is 194. The van der Waals surface area contributed by atoms with Gasteiger partial charge in [0.2, 0.25) is 0 Å². The van der Waals surface area contributed by atoms with E-state index in [1.54, 1.807) is 6.08 Å². The van der Waals surface area contributed by atoms with Crippen molar-refractivity contribution in [2.45, 2.75) is 13.8 Å². The van der Waals surface area contributed by atoms with Crippen LogP contribution in [0.4, 0.5) is 0 Å². The Morgan fingerprint density at radius 3 is 2.50 bits per heavy atom. The molecule has 0 unspecified atom stereocenters. The van der Waals surface area contributed by atoms with Crippen LogP contribution in [0, 0.1) is 11.5 Å². The van der Waals surface area contributed by atoms with E-state index < -0.39 is 0 Å². The first kappa shape index (κ1) is 14.9. The number of hydrogen-bond acceptors (Lipinski definition) is 1. The first-order valence-electron chi connectivity index (χ1n) is 3.63. The molecule has 0 aromatic heterocycles. The van der Waals surface area contributed by atoms with Crippen LogP contribution in [0.5, 0.6) is 0 Å². The minimum Gasteiger partial charge on any atom is -0.303 e. The van der Waals surface area contributed by atoms with E-state index in [0.717, 1.165) is 5.56 Å². The Hall–Kier alpha value is 0.414. The minimum absolute atomic E-state index is 0. The van der Waals surface area contributed by atoms with E-state index >= 15 is 0 Å². The second-order valence-electron chi connectivity index (χ2n) is 1.59. The quantitative estimate of drug-likeness (QED) is 0.576. The molecular weight excluding hydrogens is 241 g/mol. The average molecular weight is 253 g/mol. The topological polar surface area (TPSA) is 0 Å². The average Bonchev–Trinajstić information content (AvgIpc) is 2.11. The summed E-state index contributed by atoms with van der Waals surface area (Å²) in [5, 5.41) is 2.62. The summed E-state index contributed by atoms with van der Waals surface area (Å²) in [6.45, 7) is 4.00. The van der Waals surface area contributed by atoms with Crippen LogP contribution in [0.3, 0.4) is 0 Å². The van der Waals surface area contributed by atoms with Gasteiger partial charge in [-0.15, -0.1) is 6.07 Å². The van der Waals surface area contributed by atoms with Gasteiger partial charge in [-0.25, -0.2) is 12.1 Å². The zero-order valence-corrected chi connectivity index (χ0v) is 11.1. The molecule has 12 heavy (non-hydrogen) atoms. The number of thiol groups is 1. The smallest absolute Gasteiger partial charge is 0 e. The fourth-order valence-corrected chi connectivity index (χ4v) is 0.706. The van der Waals surface area contributed by atoms with Gasteiger partial charge >= 0.3 is 0 Å². The Balaban J connectivity index is 0. The van der Waals surface area contributed by atoms with E-state index in [9.17, 15) is 0 Å². The maximum atomic E-state index is 3.81. The maximum Gasteiger partial charge on any atom is 0 e. The molecule has 0 aliphatic rings. The molecule has 0 fully saturated rings. The van der Waals surface area contributed by atoms with Gasteiger partial charge in [0.25, 0.3) is 0 Å². The van der Waals surface area contributed by atoms with Gasteiger partial charge in [-0.05, 0) is 0 Å². The van der Waals surface area contributed by atoms with Crippen LogP contribution < -0.4 is 0 Å². The van der Waals surface area contributed by atoms with Gasteiger partial charge in [-0.2, -0.15) is 12.1 Å². The van der Waals surface area contributed by atoms with Gasteiger partial charge in [0.15, 0.2) is 0 Å². The van der Waals surface area contributed by atoms with E-state index in [1.165, 1.54) is 0 Å². The monoisotopic (exact) mass is 253 g/mol. The molecule has 0 aliphatic heterocycles. The van der Waals surface area contributed by atoms with Crippen LogP contribution in [0.25, 0.3) is 6.08 Å². The number of rotatable bonds is 1. The van der Waals surface area contributed by atoms with Crippen molar-refractivity contribution in [3.05, 3.63) is 41.3 Å². The van der Waals surface area contributed by atoms with Crippen molar-refractivity contribution >= 4 is 18.7 Å². The molecule has 1 aromatic rings. The summed E-state index contributed by atoms with van der Waals surface area (Å²) in [6, 6.07) is 10.7. The van der Waals surface area contributed by atoms with Crippen LogP contribution in [0.1, 0.15) is 19.4 Å². The largest absolute Gasteiger partial charge is 0.303 e.